The van der Waals surface area contributed by atoms with Crippen molar-refractivity contribution in [1.82, 2.24) is 25.1 Å². The molecule has 0 amide bonds. The maximum Gasteiger partial charge on any atom is 0.231 e. The Morgan fingerprint density at radius 1 is 1.05 bits per heavy atom. The van der Waals surface area contributed by atoms with Crippen LogP contribution in [-0.4, -0.2) is 37.0 Å². The maximum atomic E-state index is 15.5. The highest BCUT2D eigenvalue weighted by atomic mass is 19.1. The molecule has 6 rings (SSSR count). The zero-order chi connectivity index (χ0) is 25.5. The fourth-order valence-electron chi connectivity index (χ4n) is 5.04. The number of aliphatic hydroxyl groups is 1. The molecular formula is C28H25F2N5O2. The van der Waals surface area contributed by atoms with E-state index in [1.54, 1.807) is 30.1 Å². The van der Waals surface area contributed by atoms with Gasteiger partial charge in [0.25, 0.3) is 0 Å². The highest BCUT2D eigenvalue weighted by Gasteiger charge is 2.27. The summed E-state index contributed by atoms with van der Waals surface area (Å²) in [6.45, 7) is 0.244. The number of aliphatic hydroxyl groups excluding tert-OH is 1. The molecule has 0 aliphatic heterocycles. The average Bonchev–Trinajstić information content (AvgIpc) is 3.62. The van der Waals surface area contributed by atoms with Crippen LogP contribution < -0.4 is 5.32 Å². The molecule has 1 aliphatic carbocycles. The maximum absolute atomic E-state index is 15.5. The van der Waals surface area contributed by atoms with E-state index in [1.165, 1.54) is 12.1 Å². The van der Waals surface area contributed by atoms with Crippen molar-refractivity contribution in [2.24, 2.45) is 7.05 Å². The van der Waals surface area contributed by atoms with Crippen LogP contribution in [-0.2, 0) is 13.6 Å². The third-order valence-electron chi connectivity index (χ3n) is 6.98. The Balaban J connectivity index is 1.46. The van der Waals surface area contributed by atoms with Crippen molar-refractivity contribution in [2.45, 2.75) is 38.0 Å². The van der Waals surface area contributed by atoms with E-state index in [4.69, 9.17) is 4.42 Å². The van der Waals surface area contributed by atoms with E-state index >= 15 is 4.39 Å². The molecule has 7 nitrogen and oxygen atoms in total. The number of oxazole rings is 1. The standard InChI is InChI=1S/C28H25F2N5O2/c1-35-15-32-34-27(35)25-18(16-6-3-2-4-7-16)10-11-19(29)26(25)28-33-22-12-17(20(30)13-24(22)37-28)14-31-21-8-5-9-23(21)36/h2-4,6-7,10-13,15,21,23,31,36H,5,8-9,14H2,1H3/t21?,23-/m1/s1. The first kappa shape index (κ1) is 23.4. The molecule has 0 radical (unpaired) electrons. The monoisotopic (exact) mass is 501 g/mol. The van der Waals surface area contributed by atoms with E-state index in [0.29, 0.717) is 22.5 Å². The predicted octanol–water partition coefficient (Wildman–Crippen LogP) is 5.24. The first-order chi connectivity index (χ1) is 18.0. The fraction of sp³-hybridized carbons (Fsp3) is 0.250. The number of aromatic nitrogens is 4. The molecule has 2 heterocycles. The van der Waals surface area contributed by atoms with Gasteiger partial charge in [-0.2, -0.15) is 0 Å². The van der Waals surface area contributed by atoms with E-state index in [0.717, 1.165) is 30.4 Å². The predicted molar refractivity (Wildman–Crippen MR) is 135 cm³/mol. The Morgan fingerprint density at radius 2 is 1.89 bits per heavy atom. The normalized spacial score (nSPS) is 17.6. The highest BCUT2D eigenvalue weighted by molar-refractivity contribution is 5.92. The number of halogens is 2. The minimum absolute atomic E-state index is 0.0269. The van der Waals surface area contributed by atoms with Crippen molar-refractivity contribution in [3.63, 3.8) is 0 Å². The van der Waals surface area contributed by atoms with Crippen molar-refractivity contribution >= 4 is 11.1 Å². The van der Waals surface area contributed by atoms with Crippen molar-refractivity contribution in [2.75, 3.05) is 0 Å². The smallest absolute Gasteiger partial charge is 0.231 e. The van der Waals surface area contributed by atoms with Gasteiger partial charge in [0.1, 0.15) is 23.5 Å². The first-order valence-corrected chi connectivity index (χ1v) is 12.2. The summed E-state index contributed by atoms with van der Waals surface area (Å²) >= 11 is 0. The minimum Gasteiger partial charge on any atom is -0.436 e. The van der Waals surface area contributed by atoms with Crippen LogP contribution in [0.15, 0.2) is 65.3 Å². The largest absolute Gasteiger partial charge is 0.436 e. The van der Waals surface area contributed by atoms with Gasteiger partial charge in [0.2, 0.25) is 5.89 Å². The van der Waals surface area contributed by atoms with Gasteiger partial charge >= 0.3 is 0 Å². The summed E-state index contributed by atoms with van der Waals surface area (Å²) in [6.07, 6.45) is 3.65. The first-order valence-electron chi connectivity index (χ1n) is 12.2. The van der Waals surface area contributed by atoms with Crippen molar-refractivity contribution < 1.29 is 18.3 Å². The SMILES string of the molecule is Cn1cnnc1-c1c(-c2ccccc2)ccc(F)c1-c1nc2cc(CNC3CCC[C@H]3O)c(F)cc2o1. The van der Waals surface area contributed by atoms with Gasteiger partial charge < -0.3 is 19.4 Å². The van der Waals surface area contributed by atoms with Gasteiger partial charge in [-0.3, -0.25) is 0 Å². The lowest BCUT2D eigenvalue weighted by Crippen LogP contribution is -2.35. The Bertz CT molecular complexity index is 1580. The van der Waals surface area contributed by atoms with Crippen LogP contribution in [0.3, 0.4) is 0 Å². The second-order valence-electron chi connectivity index (χ2n) is 9.39. The third-order valence-corrected chi connectivity index (χ3v) is 6.98. The third kappa shape index (κ3) is 4.30. The van der Waals surface area contributed by atoms with Gasteiger partial charge in [0.05, 0.1) is 11.7 Å². The van der Waals surface area contributed by atoms with E-state index in [1.807, 2.05) is 30.3 Å². The molecule has 9 heteroatoms. The Kier molecular flexibility index (Phi) is 6.02. The summed E-state index contributed by atoms with van der Waals surface area (Å²) in [5.41, 5.74) is 3.24. The van der Waals surface area contributed by atoms with Crippen molar-refractivity contribution in [3.8, 4) is 34.0 Å². The lowest BCUT2D eigenvalue weighted by Gasteiger charge is -2.16. The van der Waals surface area contributed by atoms with Crippen molar-refractivity contribution in [1.29, 1.82) is 0 Å². The molecule has 1 saturated carbocycles. The number of hydrogen-bond donors (Lipinski definition) is 2. The van der Waals surface area contributed by atoms with Gasteiger partial charge in [-0.25, -0.2) is 13.8 Å². The summed E-state index contributed by atoms with van der Waals surface area (Å²) in [6, 6.07) is 15.5. The van der Waals surface area contributed by atoms with Gasteiger partial charge in [0, 0.05) is 36.8 Å². The molecule has 1 unspecified atom stereocenters. The van der Waals surface area contributed by atoms with E-state index in [-0.39, 0.29) is 29.6 Å². The molecule has 1 fully saturated rings. The molecule has 3 aromatic carbocycles. The second kappa shape index (κ2) is 9.49. The van der Waals surface area contributed by atoms with Gasteiger partial charge in [-0.1, -0.05) is 36.4 Å². The number of nitrogens with zero attached hydrogens (tertiary/aromatic N) is 4. The summed E-state index contributed by atoms with van der Waals surface area (Å²) in [5, 5.41) is 21.5. The van der Waals surface area contributed by atoms with Crippen LogP contribution in [0, 0.1) is 11.6 Å². The van der Waals surface area contributed by atoms with Crippen LogP contribution in [0.1, 0.15) is 24.8 Å². The fourth-order valence-corrected chi connectivity index (χ4v) is 5.04. The van der Waals surface area contributed by atoms with Crippen LogP contribution >= 0.6 is 0 Å². The zero-order valence-electron chi connectivity index (χ0n) is 20.2. The molecule has 0 saturated heterocycles. The summed E-state index contributed by atoms with van der Waals surface area (Å²) < 4.78 is 38.1. The minimum atomic E-state index is -0.540. The van der Waals surface area contributed by atoms with E-state index in [9.17, 15) is 9.50 Å². The molecule has 188 valence electrons. The van der Waals surface area contributed by atoms with Gasteiger partial charge in [-0.05, 0) is 42.5 Å². The second-order valence-corrected chi connectivity index (χ2v) is 9.39. The summed E-state index contributed by atoms with van der Waals surface area (Å²) in [5.74, 6) is -0.523. The Morgan fingerprint density at radius 3 is 2.62 bits per heavy atom. The number of hydrogen-bond acceptors (Lipinski definition) is 6. The number of aryl methyl sites for hydroxylation is 1. The molecule has 0 bridgehead atoms. The van der Waals surface area contributed by atoms with Crippen LogP contribution in [0.4, 0.5) is 8.78 Å². The Hall–Kier alpha value is -3.95. The van der Waals surface area contributed by atoms with Crippen molar-refractivity contribution in [3.05, 3.63) is 78.1 Å². The number of fused-ring (bicyclic) bond motifs is 1. The van der Waals surface area contributed by atoms with Crippen LogP contribution in [0.2, 0.25) is 0 Å². The summed E-state index contributed by atoms with van der Waals surface area (Å²) in [7, 11) is 1.78. The molecule has 2 atom stereocenters. The molecular weight excluding hydrogens is 476 g/mol. The van der Waals surface area contributed by atoms with Gasteiger partial charge in [-0.15, -0.1) is 10.2 Å². The topological polar surface area (TPSA) is 89.0 Å². The Labute approximate surface area is 211 Å². The zero-order valence-corrected chi connectivity index (χ0v) is 20.2. The average molecular weight is 502 g/mol. The van der Waals surface area contributed by atoms with E-state index in [2.05, 4.69) is 20.5 Å². The molecule has 0 spiro atoms. The molecule has 2 N–H and O–H groups in total. The molecule has 2 aromatic heterocycles. The molecule has 1 aliphatic rings. The highest BCUT2D eigenvalue weighted by Crippen LogP contribution is 2.41. The lowest BCUT2D eigenvalue weighted by molar-refractivity contribution is 0.148. The number of nitrogens with one attached hydrogen (secondary N) is 1. The number of benzene rings is 3. The van der Waals surface area contributed by atoms with Crippen LogP contribution in [0.25, 0.3) is 45.1 Å². The van der Waals surface area contributed by atoms with Crippen LogP contribution in [0.5, 0.6) is 0 Å². The molecule has 37 heavy (non-hydrogen) atoms. The summed E-state index contributed by atoms with van der Waals surface area (Å²) in [4.78, 5) is 4.57. The number of rotatable bonds is 6. The lowest BCUT2D eigenvalue weighted by atomic mass is 9.94. The quantitative estimate of drug-likeness (QED) is 0.331. The van der Waals surface area contributed by atoms with E-state index < -0.39 is 17.7 Å². The van der Waals surface area contributed by atoms with Gasteiger partial charge in [0.15, 0.2) is 11.4 Å². The molecule has 5 aromatic rings.